The molecule has 1 aromatic heterocycles. The van der Waals surface area contributed by atoms with Crippen LogP contribution in [0.4, 0.5) is 5.69 Å². The first-order chi connectivity index (χ1) is 12.6. The SMILES string of the molecule is COc1ccccc1N1CCN(CCCn2c(=O)[nH]cc(C)c2=O)CC1.Cl. The molecule has 1 N–H and O–H groups in total. The van der Waals surface area contributed by atoms with Gasteiger partial charge in [-0.05, 0) is 32.0 Å². The summed E-state index contributed by atoms with van der Waals surface area (Å²) in [6.45, 7) is 6.82. The molecule has 0 amide bonds. The molecule has 1 aromatic carbocycles. The summed E-state index contributed by atoms with van der Waals surface area (Å²) in [6.07, 6.45) is 2.25. The molecule has 2 aromatic rings. The molecule has 3 rings (SSSR count). The lowest BCUT2D eigenvalue weighted by Gasteiger charge is -2.36. The highest BCUT2D eigenvalue weighted by Gasteiger charge is 2.19. The van der Waals surface area contributed by atoms with Gasteiger partial charge in [0.25, 0.3) is 5.56 Å². The zero-order valence-electron chi connectivity index (χ0n) is 15.8. The number of rotatable bonds is 6. The van der Waals surface area contributed by atoms with E-state index >= 15 is 0 Å². The zero-order valence-corrected chi connectivity index (χ0v) is 16.6. The predicted octanol–water partition coefficient (Wildman–Crippen LogP) is 1.49. The van der Waals surface area contributed by atoms with E-state index in [1.807, 2.05) is 18.2 Å². The van der Waals surface area contributed by atoms with Crippen molar-refractivity contribution in [3.8, 4) is 5.75 Å². The van der Waals surface area contributed by atoms with Crippen LogP contribution in [-0.4, -0.2) is 54.3 Å². The first-order valence-electron chi connectivity index (χ1n) is 8.99. The molecular formula is C19H27ClN4O3. The van der Waals surface area contributed by atoms with Crippen molar-refractivity contribution in [3.63, 3.8) is 0 Å². The third-order valence-electron chi connectivity index (χ3n) is 4.89. The van der Waals surface area contributed by atoms with E-state index in [4.69, 9.17) is 4.74 Å². The minimum atomic E-state index is -0.332. The van der Waals surface area contributed by atoms with Crippen molar-refractivity contribution >= 4 is 18.1 Å². The van der Waals surface area contributed by atoms with Gasteiger partial charge < -0.3 is 14.6 Å². The molecule has 0 bridgehead atoms. The number of halogens is 1. The summed E-state index contributed by atoms with van der Waals surface area (Å²) in [7, 11) is 1.70. The Kier molecular flexibility index (Phi) is 7.50. The largest absolute Gasteiger partial charge is 0.495 e. The number of nitrogens with one attached hydrogen (secondary N) is 1. The molecule has 0 spiro atoms. The van der Waals surface area contributed by atoms with E-state index < -0.39 is 0 Å². The first kappa shape index (κ1) is 21.1. The summed E-state index contributed by atoms with van der Waals surface area (Å²) >= 11 is 0. The lowest BCUT2D eigenvalue weighted by Crippen LogP contribution is -2.47. The molecule has 1 aliphatic rings. The number of aromatic amines is 1. The van der Waals surface area contributed by atoms with Crippen LogP contribution in [0.25, 0.3) is 0 Å². The number of anilines is 1. The molecule has 27 heavy (non-hydrogen) atoms. The van der Waals surface area contributed by atoms with E-state index in [0.717, 1.165) is 50.6 Å². The lowest BCUT2D eigenvalue weighted by molar-refractivity contribution is 0.249. The van der Waals surface area contributed by atoms with Crippen LogP contribution in [0.5, 0.6) is 5.75 Å². The fourth-order valence-corrected chi connectivity index (χ4v) is 3.37. The normalized spacial score (nSPS) is 14.7. The molecule has 7 nitrogen and oxygen atoms in total. The number of H-pyrrole nitrogens is 1. The van der Waals surface area contributed by atoms with E-state index in [1.165, 1.54) is 10.8 Å². The van der Waals surface area contributed by atoms with Crippen LogP contribution in [0.15, 0.2) is 40.1 Å². The average Bonchev–Trinajstić information content (AvgIpc) is 2.68. The van der Waals surface area contributed by atoms with Crippen molar-refractivity contribution in [2.24, 2.45) is 0 Å². The molecule has 0 unspecified atom stereocenters. The maximum Gasteiger partial charge on any atom is 0.328 e. The number of piperazine rings is 1. The molecular weight excluding hydrogens is 368 g/mol. The number of hydrogen-bond donors (Lipinski definition) is 1. The van der Waals surface area contributed by atoms with Gasteiger partial charge in [-0.1, -0.05) is 12.1 Å². The second-order valence-corrected chi connectivity index (χ2v) is 6.59. The summed E-state index contributed by atoms with van der Waals surface area (Å²) < 4.78 is 6.74. The summed E-state index contributed by atoms with van der Waals surface area (Å²) in [5.41, 5.74) is 1.17. The van der Waals surface area contributed by atoms with Crippen molar-refractivity contribution in [1.29, 1.82) is 0 Å². The van der Waals surface area contributed by atoms with Gasteiger partial charge >= 0.3 is 5.69 Å². The highest BCUT2D eigenvalue weighted by atomic mass is 35.5. The van der Waals surface area contributed by atoms with E-state index in [2.05, 4.69) is 20.9 Å². The Morgan fingerprint density at radius 3 is 2.48 bits per heavy atom. The number of aryl methyl sites for hydroxylation is 1. The number of hydrogen-bond acceptors (Lipinski definition) is 5. The van der Waals surface area contributed by atoms with Crippen molar-refractivity contribution in [3.05, 3.63) is 56.9 Å². The Hall–Kier alpha value is -2.25. The molecule has 0 atom stereocenters. The monoisotopic (exact) mass is 394 g/mol. The van der Waals surface area contributed by atoms with Gasteiger partial charge in [-0.25, -0.2) is 4.79 Å². The van der Waals surface area contributed by atoms with Crippen molar-refractivity contribution < 1.29 is 4.74 Å². The zero-order chi connectivity index (χ0) is 18.5. The molecule has 0 aliphatic carbocycles. The fourth-order valence-electron chi connectivity index (χ4n) is 3.37. The molecule has 2 heterocycles. The van der Waals surface area contributed by atoms with Crippen LogP contribution in [0, 0.1) is 6.92 Å². The maximum absolute atomic E-state index is 12.0. The number of methoxy groups -OCH3 is 1. The van der Waals surface area contributed by atoms with Gasteiger partial charge in [-0.2, -0.15) is 0 Å². The smallest absolute Gasteiger partial charge is 0.328 e. The molecule has 1 saturated heterocycles. The molecule has 148 valence electrons. The van der Waals surface area contributed by atoms with Gasteiger partial charge in [0.1, 0.15) is 5.75 Å². The van der Waals surface area contributed by atoms with Crippen LogP contribution in [-0.2, 0) is 6.54 Å². The second kappa shape index (κ2) is 9.62. The van der Waals surface area contributed by atoms with Gasteiger partial charge in [0.2, 0.25) is 0 Å². The molecule has 1 fully saturated rings. The summed E-state index contributed by atoms with van der Waals surface area (Å²) in [4.78, 5) is 31.2. The second-order valence-electron chi connectivity index (χ2n) is 6.59. The highest BCUT2D eigenvalue weighted by Crippen LogP contribution is 2.28. The van der Waals surface area contributed by atoms with Gasteiger partial charge in [-0.3, -0.25) is 14.3 Å². The minimum Gasteiger partial charge on any atom is -0.495 e. The Morgan fingerprint density at radius 1 is 1.07 bits per heavy atom. The Morgan fingerprint density at radius 2 is 1.78 bits per heavy atom. The number of nitrogens with zero attached hydrogens (tertiary/aromatic N) is 3. The van der Waals surface area contributed by atoms with E-state index in [1.54, 1.807) is 14.0 Å². The van der Waals surface area contributed by atoms with Crippen LogP contribution in [0.2, 0.25) is 0 Å². The molecule has 0 radical (unpaired) electrons. The quantitative estimate of drug-likeness (QED) is 0.803. The maximum atomic E-state index is 12.0. The number of para-hydroxylation sites is 2. The summed E-state index contributed by atoms with van der Waals surface area (Å²) in [5.74, 6) is 0.902. The summed E-state index contributed by atoms with van der Waals surface area (Å²) in [5, 5.41) is 0. The molecule has 0 saturated carbocycles. The van der Waals surface area contributed by atoms with Crippen molar-refractivity contribution in [2.45, 2.75) is 19.9 Å². The van der Waals surface area contributed by atoms with Crippen LogP contribution in [0.1, 0.15) is 12.0 Å². The standard InChI is InChI=1S/C19H26N4O3.ClH/c1-15-14-20-19(25)23(18(15)24)9-5-8-21-10-12-22(13-11-21)16-6-3-4-7-17(16)26-2;/h3-4,6-7,14H,5,8-13H2,1-2H3,(H,20,25);1H. The van der Waals surface area contributed by atoms with E-state index in [0.29, 0.717) is 12.1 Å². The predicted molar refractivity (Wildman–Crippen MR) is 110 cm³/mol. The van der Waals surface area contributed by atoms with Gasteiger partial charge in [-0.15, -0.1) is 12.4 Å². The van der Waals surface area contributed by atoms with Gasteiger partial charge in [0.15, 0.2) is 0 Å². The van der Waals surface area contributed by atoms with Gasteiger partial charge in [0, 0.05) is 44.5 Å². The molecule has 1 aliphatic heterocycles. The van der Waals surface area contributed by atoms with Crippen LogP contribution in [0.3, 0.4) is 0 Å². The van der Waals surface area contributed by atoms with Gasteiger partial charge in [0.05, 0.1) is 12.8 Å². The number of aromatic nitrogens is 2. The lowest BCUT2D eigenvalue weighted by atomic mass is 10.2. The molecule has 8 heteroatoms. The first-order valence-corrected chi connectivity index (χ1v) is 8.99. The minimum absolute atomic E-state index is 0. The van der Waals surface area contributed by atoms with E-state index in [9.17, 15) is 9.59 Å². The van der Waals surface area contributed by atoms with Crippen LogP contribution < -0.4 is 20.9 Å². The average molecular weight is 395 g/mol. The topological polar surface area (TPSA) is 70.6 Å². The fraction of sp³-hybridized carbons (Fsp3) is 0.474. The Bertz CT molecular complexity index is 857. The third kappa shape index (κ3) is 4.93. The number of benzene rings is 1. The van der Waals surface area contributed by atoms with Crippen LogP contribution >= 0.6 is 12.4 Å². The van der Waals surface area contributed by atoms with Crippen molar-refractivity contribution in [2.75, 3.05) is 44.7 Å². The highest BCUT2D eigenvalue weighted by molar-refractivity contribution is 5.85. The Balaban J connectivity index is 0.00000261. The number of ether oxygens (including phenoxy) is 1. The van der Waals surface area contributed by atoms with Crippen molar-refractivity contribution in [1.82, 2.24) is 14.5 Å². The van der Waals surface area contributed by atoms with E-state index in [-0.39, 0.29) is 23.7 Å². The Labute approximate surface area is 165 Å². The third-order valence-corrected chi connectivity index (χ3v) is 4.89. The summed E-state index contributed by atoms with van der Waals surface area (Å²) in [6, 6.07) is 8.08.